The van der Waals surface area contributed by atoms with Crippen LogP contribution in [0.15, 0.2) is 30.6 Å². The van der Waals surface area contributed by atoms with E-state index in [1.165, 1.54) is 5.57 Å². The molecule has 3 unspecified atom stereocenters. The van der Waals surface area contributed by atoms with Gasteiger partial charge in [0.2, 0.25) is 0 Å². The van der Waals surface area contributed by atoms with E-state index >= 15 is 4.39 Å². The summed E-state index contributed by atoms with van der Waals surface area (Å²) in [5, 5.41) is 21.9. The number of likely N-dealkylation sites (N-methyl/N-ethyl adjacent to an activating group) is 1. The van der Waals surface area contributed by atoms with Gasteiger partial charge >= 0.3 is 0 Å². The molecule has 1 aromatic heterocycles. The lowest BCUT2D eigenvalue weighted by Crippen LogP contribution is -2.72. The maximum Gasteiger partial charge on any atom is 0.140 e. The highest BCUT2D eigenvalue weighted by Crippen LogP contribution is 2.72. The number of fused-ring (bicyclic) bond motifs is 1. The lowest BCUT2D eigenvalue weighted by Gasteiger charge is -2.64. The van der Waals surface area contributed by atoms with Gasteiger partial charge in [-0.05, 0) is 81.7 Å². The quantitative estimate of drug-likeness (QED) is 0.735. The third-order valence-electron chi connectivity index (χ3n) is 10.2. The third kappa shape index (κ3) is 2.45. The van der Waals surface area contributed by atoms with E-state index < -0.39 is 29.1 Å². The number of halogens is 1. The molecule has 0 radical (unpaired) electrons. The molecule has 174 valence electrons. The molecule has 32 heavy (non-hydrogen) atoms. The Balaban J connectivity index is 1.40. The number of aliphatic hydroxyl groups is 2. The predicted molar refractivity (Wildman–Crippen MR) is 119 cm³/mol. The Morgan fingerprint density at radius 1 is 1.12 bits per heavy atom. The summed E-state index contributed by atoms with van der Waals surface area (Å²) in [5.41, 5.74) is -0.584. The maximum atomic E-state index is 17.0. The van der Waals surface area contributed by atoms with Crippen molar-refractivity contribution in [2.75, 3.05) is 14.1 Å². The molecule has 5 aliphatic rings. The Hall–Kier alpha value is -1.34. The van der Waals surface area contributed by atoms with Gasteiger partial charge in [0.05, 0.1) is 17.8 Å². The molecule has 9 atom stereocenters. The minimum atomic E-state index is -1.47. The molecule has 2 N–H and O–H groups in total. The van der Waals surface area contributed by atoms with Crippen LogP contribution in [-0.4, -0.2) is 69.3 Å². The van der Waals surface area contributed by atoms with Crippen LogP contribution in [0, 0.1) is 17.3 Å². The molecule has 1 aromatic rings. The summed E-state index contributed by atoms with van der Waals surface area (Å²) < 4.78 is 24.0. The minimum Gasteiger partial charge on any atom is -0.390 e. The number of aromatic nitrogens is 1. The van der Waals surface area contributed by atoms with E-state index in [0.29, 0.717) is 25.7 Å². The van der Waals surface area contributed by atoms with Crippen LogP contribution in [0.5, 0.6) is 0 Å². The van der Waals surface area contributed by atoms with Gasteiger partial charge < -0.3 is 19.8 Å². The molecule has 4 fully saturated rings. The van der Waals surface area contributed by atoms with Crippen molar-refractivity contribution in [3.63, 3.8) is 0 Å². The van der Waals surface area contributed by atoms with E-state index in [-0.39, 0.29) is 23.3 Å². The molecule has 2 aliphatic heterocycles. The first-order valence-electron chi connectivity index (χ1n) is 12.2. The van der Waals surface area contributed by atoms with E-state index in [9.17, 15) is 10.2 Å². The van der Waals surface area contributed by atoms with Gasteiger partial charge in [0, 0.05) is 30.3 Å². The number of alkyl halides is 1. The lowest BCUT2D eigenvalue weighted by atomic mass is 9.51. The molecule has 6 rings (SSSR count). The fourth-order valence-corrected chi connectivity index (χ4v) is 8.53. The largest absolute Gasteiger partial charge is 0.390 e. The van der Waals surface area contributed by atoms with Crippen molar-refractivity contribution in [2.24, 2.45) is 17.3 Å². The zero-order chi connectivity index (χ0) is 22.5. The summed E-state index contributed by atoms with van der Waals surface area (Å²) in [6, 6.07) is 3.89. The maximum absolute atomic E-state index is 17.0. The Morgan fingerprint density at radius 3 is 2.66 bits per heavy atom. The number of hydrogen-bond donors (Lipinski definition) is 2. The van der Waals surface area contributed by atoms with Crippen molar-refractivity contribution in [1.29, 1.82) is 0 Å². The van der Waals surface area contributed by atoms with Gasteiger partial charge in [0.15, 0.2) is 0 Å². The molecule has 5 nitrogen and oxygen atoms in total. The van der Waals surface area contributed by atoms with Crippen molar-refractivity contribution in [3.05, 3.63) is 36.2 Å². The molecule has 3 heterocycles. The average molecular weight is 443 g/mol. The first-order valence-corrected chi connectivity index (χ1v) is 12.2. The second-order valence-corrected chi connectivity index (χ2v) is 11.6. The number of nitrogens with zero attached hydrogens (tertiary/aromatic N) is 2. The molecule has 3 aliphatic carbocycles. The second-order valence-electron chi connectivity index (χ2n) is 11.6. The van der Waals surface area contributed by atoms with Gasteiger partial charge in [0.1, 0.15) is 11.3 Å². The molecule has 2 spiro atoms. The fourth-order valence-electron chi connectivity index (χ4n) is 8.53. The summed E-state index contributed by atoms with van der Waals surface area (Å²) >= 11 is 0. The van der Waals surface area contributed by atoms with Crippen molar-refractivity contribution < 1.29 is 19.3 Å². The molecule has 0 amide bonds. The fraction of sp³-hybridized carbons (Fsp3) is 0.731. The number of allylic oxidation sites excluding steroid dienone is 2. The van der Waals surface area contributed by atoms with Crippen LogP contribution in [0.3, 0.4) is 0 Å². The number of hydrogen-bond acceptors (Lipinski definition) is 5. The smallest absolute Gasteiger partial charge is 0.140 e. The van der Waals surface area contributed by atoms with Crippen LogP contribution >= 0.6 is 0 Å². The van der Waals surface area contributed by atoms with Crippen LogP contribution in [0.2, 0.25) is 0 Å². The summed E-state index contributed by atoms with van der Waals surface area (Å²) in [6.07, 6.45) is 8.57. The van der Waals surface area contributed by atoms with E-state index in [1.54, 1.807) is 6.20 Å². The van der Waals surface area contributed by atoms with Gasteiger partial charge in [-0.2, -0.15) is 0 Å². The van der Waals surface area contributed by atoms with Crippen LogP contribution in [-0.2, 0) is 4.74 Å². The summed E-state index contributed by atoms with van der Waals surface area (Å²) in [7, 11) is 3.87. The molecule has 2 bridgehead atoms. The van der Waals surface area contributed by atoms with Crippen LogP contribution < -0.4 is 0 Å². The van der Waals surface area contributed by atoms with Crippen LogP contribution in [0.4, 0.5) is 4.39 Å². The zero-order valence-corrected chi connectivity index (χ0v) is 19.3. The first kappa shape index (κ1) is 21.2. The van der Waals surface area contributed by atoms with Crippen molar-refractivity contribution in [1.82, 2.24) is 9.88 Å². The van der Waals surface area contributed by atoms with Gasteiger partial charge in [-0.3, -0.25) is 4.98 Å². The Morgan fingerprint density at radius 2 is 1.94 bits per heavy atom. The van der Waals surface area contributed by atoms with Gasteiger partial charge in [-0.25, -0.2) is 4.39 Å². The second kappa shape index (κ2) is 6.62. The van der Waals surface area contributed by atoms with Gasteiger partial charge in [0.25, 0.3) is 0 Å². The molecule has 6 heteroatoms. The summed E-state index contributed by atoms with van der Waals surface area (Å²) in [4.78, 5) is 6.31. The topological polar surface area (TPSA) is 65.8 Å². The van der Waals surface area contributed by atoms with E-state index in [2.05, 4.69) is 24.1 Å². The highest BCUT2D eigenvalue weighted by molar-refractivity contribution is 5.73. The first-order chi connectivity index (χ1) is 15.2. The standard InChI is InChI=1S/C26H35FN2O3/c1-23-8-10-25(27)13-18-21(30)22(31)19(29(2)3)14-24(18)9-11-26(25,32-24)20(23)7-6-17(23)16-5-4-12-28-15-16/h4-6,12,15,18-22,30-31H,7-11,13-14H2,1-3H3/t18?,19-,20?,21+,22+,23+,24+,25?,26-/m0/s1. The Kier molecular flexibility index (Phi) is 4.39. The van der Waals surface area contributed by atoms with Gasteiger partial charge in [-0.15, -0.1) is 0 Å². The van der Waals surface area contributed by atoms with Crippen molar-refractivity contribution >= 4 is 5.57 Å². The Labute approximate surface area is 189 Å². The minimum absolute atomic E-state index is 0.0751. The van der Waals surface area contributed by atoms with E-state index in [4.69, 9.17) is 4.74 Å². The molecular formula is C26H35FN2O3. The third-order valence-corrected chi connectivity index (χ3v) is 10.2. The van der Waals surface area contributed by atoms with E-state index in [1.807, 2.05) is 31.3 Å². The Bertz CT molecular complexity index is 956. The number of rotatable bonds is 2. The normalized spacial score (nSPS) is 51.7. The lowest BCUT2D eigenvalue weighted by molar-refractivity contribution is -0.314. The molecular weight excluding hydrogens is 407 g/mol. The van der Waals surface area contributed by atoms with Crippen molar-refractivity contribution in [2.45, 2.75) is 87.0 Å². The molecule has 2 saturated carbocycles. The molecule has 2 saturated heterocycles. The number of pyridine rings is 1. The summed E-state index contributed by atoms with van der Waals surface area (Å²) in [5.74, 6) is -0.281. The van der Waals surface area contributed by atoms with Crippen LogP contribution in [0.1, 0.15) is 57.4 Å². The number of ether oxygens (including phenoxy) is 1. The highest BCUT2D eigenvalue weighted by Gasteiger charge is 2.77. The van der Waals surface area contributed by atoms with Crippen molar-refractivity contribution in [3.8, 4) is 0 Å². The van der Waals surface area contributed by atoms with Gasteiger partial charge in [-0.1, -0.05) is 19.1 Å². The zero-order valence-electron chi connectivity index (χ0n) is 19.3. The van der Waals surface area contributed by atoms with E-state index in [0.717, 1.165) is 24.8 Å². The summed E-state index contributed by atoms with van der Waals surface area (Å²) in [6.45, 7) is 2.29. The number of aliphatic hydroxyl groups excluding tert-OH is 2. The monoisotopic (exact) mass is 442 g/mol. The average Bonchev–Trinajstić information content (AvgIpc) is 3.30. The van der Waals surface area contributed by atoms with Crippen LogP contribution in [0.25, 0.3) is 5.57 Å². The predicted octanol–water partition coefficient (Wildman–Crippen LogP) is 3.36. The highest BCUT2D eigenvalue weighted by atomic mass is 19.1. The molecule has 0 aromatic carbocycles. The SMILES string of the molecule is CN(C)[C@H]1C[C@@]23CC[C@]4(O2)C2CC=C(c5cccnc5)[C@@]2(C)CCC4(F)CC3[C@@H](O)[C@@H]1O.